The molecule has 5 nitrogen and oxygen atoms in total. The van der Waals surface area contributed by atoms with Crippen LogP contribution >= 0.6 is 0 Å². The summed E-state index contributed by atoms with van der Waals surface area (Å²) >= 11 is 0. The molecular formula is C16H14F5N3O2. The second-order valence-corrected chi connectivity index (χ2v) is 5.61. The Hall–Kier alpha value is -2.78. The van der Waals surface area contributed by atoms with E-state index >= 15 is 0 Å². The Morgan fingerprint density at radius 1 is 1.15 bits per heavy atom. The Bertz CT molecular complexity index is 859. The van der Waals surface area contributed by atoms with Crippen LogP contribution in [-0.4, -0.2) is 22.1 Å². The van der Waals surface area contributed by atoms with Gasteiger partial charge in [-0.1, -0.05) is 24.3 Å². The SMILES string of the molecule is Cc1nc(C(=O)NC(C)c2ccc(C(F)(F)C(F)(F)F)cc2)cc(=O)[nH]1. The number of halogens is 5. The summed E-state index contributed by atoms with van der Waals surface area (Å²) in [6.45, 7) is 3.00. The van der Waals surface area contributed by atoms with Gasteiger partial charge in [0.15, 0.2) is 0 Å². The van der Waals surface area contributed by atoms with E-state index < -0.39 is 35.2 Å². The molecule has 1 unspecified atom stereocenters. The van der Waals surface area contributed by atoms with Crippen molar-refractivity contribution in [3.63, 3.8) is 0 Å². The van der Waals surface area contributed by atoms with Crippen LogP contribution in [0.4, 0.5) is 22.0 Å². The largest absolute Gasteiger partial charge is 0.458 e. The molecule has 0 saturated carbocycles. The van der Waals surface area contributed by atoms with Crippen molar-refractivity contribution >= 4 is 5.91 Å². The molecule has 10 heteroatoms. The second-order valence-electron chi connectivity index (χ2n) is 5.61. The molecule has 1 aromatic heterocycles. The van der Waals surface area contributed by atoms with Crippen LogP contribution in [0.3, 0.4) is 0 Å². The number of amides is 1. The number of rotatable bonds is 4. The number of aromatic amines is 1. The zero-order chi connectivity index (χ0) is 19.7. The molecule has 1 atom stereocenters. The predicted molar refractivity (Wildman–Crippen MR) is 81.9 cm³/mol. The third-order valence-corrected chi connectivity index (χ3v) is 3.57. The lowest BCUT2D eigenvalue weighted by molar-refractivity contribution is -0.289. The molecule has 0 aliphatic rings. The maximum Gasteiger partial charge on any atom is 0.458 e. The Kier molecular flexibility index (Phi) is 5.15. The van der Waals surface area contributed by atoms with Crippen molar-refractivity contribution in [2.24, 2.45) is 0 Å². The number of aryl methyl sites for hydroxylation is 1. The highest BCUT2D eigenvalue weighted by molar-refractivity contribution is 5.92. The number of carbonyl (C=O) groups excluding carboxylic acids is 1. The molecular weight excluding hydrogens is 361 g/mol. The molecule has 2 rings (SSSR count). The molecule has 2 aromatic rings. The number of nitrogens with zero attached hydrogens (tertiary/aromatic N) is 1. The Labute approximate surface area is 144 Å². The summed E-state index contributed by atoms with van der Waals surface area (Å²) in [4.78, 5) is 29.7. The van der Waals surface area contributed by atoms with E-state index in [1.807, 2.05) is 0 Å². The van der Waals surface area contributed by atoms with Crippen molar-refractivity contribution < 1.29 is 26.7 Å². The van der Waals surface area contributed by atoms with Crippen molar-refractivity contribution in [3.05, 3.63) is 63.3 Å². The van der Waals surface area contributed by atoms with Crippen molar-refractivity contribution in [2.45, 2.75) is 32.0 Å². The van der Waals surface area contributed by atoms with E-state index in [-0.39, 0.29) is 11.5 Å². The summed E-state index contributed by atoms with van der Waals surface area (Å²) in [5.41, 5.74) is -1.55. The number of alkyl halides is 5. The molecule has 0 bridgehead atoms. The van der Waals surface area contributed by atoms with Gasteiger partial charge in [0.2, 0.25) is 0 Å². The van der Waals surface area contributed by atoms with Crippen molar-refractivity contribution in [2.75, 3.05) is 0 Å². The smallest absolute Gasteiger partial charge is 0.344 e. The van der Waals surface area contributed by atoms with Crippen LogP contribution in [0.5, 0.6) is 0 Å². The minimum absolute atomic E-state index is 0.140. The quantitative estimate of drug-likeness (QED) is 0.806. The van der Waals surface area contributed by atoms with Gasteiger partial charge in [-0.05, 0) is 19.4 Å². The van der Waals surface area contributed by atoms with Gasteiger partial charge in [-0.15, -0.1) is 0 Å². The lowest BCUT2D eigenvalue weighted by atomic mass is 10.0. The first-order chi connectivity index (χ1) is 11.9. The van der Waals surface area contributed by atoms with Gasteiger partial charge < -0.3 is 10.3 Å². The molecule has 0 fully saturated rings. The molecule has 1 amide bonds. The monoisotopic (exact) mass is 375 g/mol. The van der Waals surface area contributed by atoms with E-state index in [1.54, 1.807) is 0 Å². The minimum atomic E-state index is -5.70. The van der Waals surface area contributed by atoms with Crippen LogP contribution in [0.15, 0.2) is 35.1 Å². The van der Waals surface area contributed by atoms with Gasteiger partial charge in [0.05, 0.1) is 6.04 Å². The second kappa shape index (κ2) is 6.85. The highest BCUT2D eigenvalue weighted by Crippen LogP contribution is 2.43. The maximum atomic E-state index is 13.3. The number of carbonyl (C=O) groups is 1. The number of hydrogen-bond donors (Lipinski definition) is 2. The molecule has 26 heavy (non-hydrogen) atoms. The van der Waals surface area contributed by atoms with E-state index in [0.29, 0.717) is 17.7 Å². The molecule has 0 spiro atoms. The molecule has 0 saturated heterocycles. The minimum Gasteiger partial charge on any atom is -0.344 e. The Morgan fingerprint density at radius 3 is 2.23 bits per heavy atom. The highest BCUT2D eigenvalue weighted by atomic mass is 19.4. The lowest BCUT2D eigenvalue weighted by Gasteiger charge is -2.21. The van der Waals surface area contributed by atoms with E-state index in [2.05, 4.69) is 15.3 Å². The summed E-state index contributed by atoms with van der Waals surface area (Å²) in [5, 5.41) is 2.49. The number of nitrogens with one attached hydrogen (secondary N) is 2. The van der Waals surface area contributed by atoms with Crippen molar-refractivity contribution in [3.8, 4) is 0 Å². The summed E-state index contributed by atoms with van der Waals surface area (Å²) in [6.07, 6.45) is -5.70. The Balaban J connectivity index is 2.16. The average molecular weight is 375 g/mol. The fraction of sp³-hybridized carbons (Fsp3) is 0.312. The summed E-state index contributed by atoms with van der Waals surface area (Å²) < 4.78 is 63.6. The highest BCUT2D eigenvalue weighted by Gasteiger charge is 2.58. The number of aromatic nitrogens is 2. The summed E-state index contributed by atoms with van der Waals surface area (Å²) in [5.74, 6) is -5.42. The van der Waals surface area contributed by atoms with Gasteiger partial charge in [-0.25, -0.2) is 4.98 Å². The third kappa shape index (κ3) is 4.06. The molecule has 140 valence electrons. The fourth-order valence-corrected chi connectivity index (χ4v) is 2.19. The average Bonchev–Trinajstić information content (AvgIpc) is 2.52. The number of H-pyrrole nitrogens is 1. The Morgan fingerprint density at radius 2 is 1.73 bits per heavy atom. The van der Waals surface area contributed by atoms with Crippen LogP contribution in [-0.2, 0) is 5.92 Å². The third-order valence-electron chi connectivity index (χ3n) is 3.57. The van der Waals surface area contributed by atoms with Gasteiger partial charge in [0.1, 0.15) is 11.5 Å². The molecule has 0 aliphatic carbocycles. The van der Waals surface area contributed by atoms with Crippen LogP contribution < -0.4 is 10.9 Å². The number of hydrogen-bond acceptors (Lipinski definition) is 3. The summed E-state index contributed by atoms with van der Waals surface area (Å²) in [7, 11) is 0. The van der Waals surface area contributed by atoms with E-state index in [9.17, 15) is 31.5 Å². The first-order valence-corrected chi connectivity index (χ1v) is 7.35. The van der Waals surface area contributed by atoms with E-state index in [0.717, 1.165) is 18.2 Å². The molecule has 0 radical (unpaired) electrons. The van der Waals surface area contributed by atoms with Gasteiger partial charge in [-0.2, -0.15) is 22.0 Å². The van der Waals surface area contributed by atoms with Crippen molar-refractivity contribution in [1.29, 1.82) is 0 Å². The lowest BCUT2D eigenvalue weighted by Crippen LogP contribution is -2.33. The van der Waals surface area contributed by atoms with Crippen LogP contribution in [0.25, 0.3) is 0 Å². The predicted octanol–water partition coefficient (Wildman–Crippen LogP) is 3.22. The van der Waals surface area contributed by atoms with Crippen LogP contribution in [0, 0.1) is 6.92 Å². The van der Waals surface area contributed by atoms with Gasteiger partial charge in [0, 0.05) is 11.6 Å². The zero-order valence-corrected chi connectivity index (χ0v) is 13.6. The van der Waals surface area contributed by atoms with Crippen LogP contribution in [0.2, 0.25) is 0 Å². The molecule has 2 N–H and O–H groups in total. The molecule has 1 heterocycles. The first-order valence-electron chi connectivity index (χ1n) is 7.35. The molecule has 0 aliphatic heterocycles. The zero-order valence-electron chi connectivity index (χ0n) is 13.6. The fourth-order valence-electron chi connectivity index (χ4n) is 2.19. The molecule has 1 aromatic carbocycles. The van der Waals surface area contributed by atoms with Gasteiger partial charge in [0.25, 0.3) is 11.5 Å². The summed E-state index contributed by atoms with van der Waals surface area (Å²) in [6, 6.07) is 3.72. The van der Waals surface area contributed by atoms with Crippen molar-refractivity contribution in [1.82, 2.24) is 15.3 Å². The first kappa shape index (κ1) is 19.5. The topological polar surface area (TPSA) is 74.8 Å². The van der Waals surface area contributed by atoms with Gasteiger partial charge >= 0.3 is 12.1 Å². The normalized spacial score (nSPS) is 13.3. The standard InChI is InChI=1S/C16H14F5N3O2/c1-8(22-14(26)12-7-13(25)24-9(2)23-12)10-3-5-11(6-4-10)15(17,18)16(19,20)21/h3-8H,1-2H3,(H,22,26)(H,23,24,25). The number of benzene rings is 1. The van der Waals surface area contributed by atoms with Gasteiger partial charge in [-0.3, -0.25) is 9.59 Å². The van der Waals surface area contributed by atoms with E-state index in [4.69, 9.17) is 0 Å². The maximum absolute atomic E-state index is 13.3. The van der Waals surface area contributed by atoms with Crippen LogP contribution in [0.1, 0.15) is 40.4 Å². The van der Waals surface area contributed by atoms with E-state index in [1.165, 1.54) is 13.8 Å².